The average molecular weight is 510 g/mol. The van der Waals surface area contributed by atoms with Gasteiger partial charge in [0.2, 0.25) is 0 Å². The Kier molecular flexibility index (Phi) is 9.87. The molecule has 1 aromatic heterocycles. The highest BCUT2D eigenvalue weighted by molar-refractivity contribution is 6.50. The summed E-state index contributed by atoms with van der Waals surface area (Å²) in [6.45, 7) is 3.89. The molecular weight excluding hydrogens is 479 g/mol. The molecule has 0 unspecified atom stereocenters. The number of benzene rings is 1. The molecule has 1 aromatic carbocycles. The van der Waals surface area contributed by atoms with Gasteiger partial charge in [0.1, 0.15) is 11.7 Å². The molecule has 0 radical (unpaired) electrons. The van der Waals surface area contributed by atoms with E-state index in [1.54, 1.807) is 0 Å². The number of hydrogen-bond acceptors (Lipinski definition) is 10. The maximum Gasteiger partial charge on any atom is 0.531 e. The summed E-state index contributed by atoms with van der Waals surface area (Å²) in [4.78, 5) is 58.9. The number of nitrogens with zero attached hydrogens (tertiary/aromatic N) is 2. The molecule has 0 bridgehead atoms. The maximum atomic E-state index is 13.6. The third kappa shape index (κ3) is 7.67. The van der Waals surface area contributed by atoms with Crippen LogP contribution in [0.15, 0.2) is 48.9 Å². The van der Waals surface area contributed by atoms with Crippen molar-refractivity contribution in [3.05, 3.63) is 60.2 Å². The first kappa shape index (κ1) is 27.9. The predicted molar refractivity (Wildman–Crippen MR) is 133 cm³/mol. The number of ether oxygens (including phenoxy) is 1. The average Bonchev–Trinajstić information content (AvgIpc) is 2.89. The van der Waals surface area contributed by atoms with E-state index in [0.717, 1.165) is 12.7 Å². The fourth-order valence-corrected chi connectivity index (χ4v) is 4.14. The first-order chi connectivity index (χ1) is 17.7. The molecule has 3 N–H and O–H groups in total. The number of carbonyl (C=O) groups is 4. The number of hydrogen-bond donors (Lipinski definition) is 2. The van der Waals surface area contributed by atoms with Gasteiger partial charge < -0.3 is 25.1 Å². The van der Waals surface area contributed by atoms with E-state index >= 15 is 0 Å². The number of rotatable bonds is 11. The van der Waals surface area contributed by atoms with Crippen molar-refractivity contribution in [3.8, 4) is 0 Å². The lowest BCUT2D eigenvalue weighted by atomic mass is 9.64. The molecule has 2 aromatic rings. The van der Waals surface area contributed by atoms with Crippen LogP contribution in [0.4, 0.5) is 0 Å². The zero-order chi connectivity index (χ0) is 26.9. The van der Waals surface area contributed by atoms with E-state index < -0.39 is 49.0 Å². The van der Waals surface area contributed by atoms with Crippen molar-refractivity contribution < 1.29 is 33.2 Å². The normalized spacial score (nSPS) is 19.1. The molecule has 4 atom stereocenters. The molecule has 1 fully saturated rings. The van der Waals surface area contributed by atoms with Crippen molar-refractivity contribution in [1.82, 2.24) is 15.3 Å². The smallest absolute Gasteiger partial charge is 0.508 e. The Morgan fingerprint density at radius 1 is 1.19 bits per heavy atom. The monoisotopic (exact) mass is 510 g/mol. The standard InChI is InChI=1S/C25H31BN4O7/c1-15(2)11-17(26-36-22(25(34)35-3)21(27)24(33)37-26)13-20(31)18(12-16-7-5-4-6-8-16)30-23(32)19-14-28-9-10-29-19/h4-10,14-15,17-18,21-22H,11-13,27H2,1-3H3,(H,30,32)/t17-,18+,21+,22-/m1/s1. The van der Waals surface area contributed by atoms with Crippen molar-refractivity contribution in [3.63, 3.8) is 0 Å². The topological polar surface area (TPSA) is 160 Å². The zero-order valence-corrected chi connectivity index (χ0v) is 21.0. The third-order valence-corrected chi connectivity index (χ3v) is 5.94. The van der Waals surface area contributed by atoms with Crippen molar-refractivity contribution >= 4 is 30.7 Å². The molecule has 0 saturated carbocycles. The Balaban J connectivity index is 1.82. The summed E-state index contributed by atoms with van der Waals surface area (Å²) in [5, 5.41) is 2.76. The largest absolute Gasteiger partial charge is 0.531 e. The third-order valence-electron chi connectivity index (χ3n) is 5.94. The molecule has 1 aliphatic heterocycles. The lowest BCUT2D eigenvalue weighted by molar-refractivity contribution is -0.162. The summed E-state index contributed by atoms with van der Waals surface area (Å²) in [6.07, 6.45) is 3.39. The van der Waals surface area contributed by atoms with Crippen LogP contribution in [0.25, 0.3) is 0 Å². The van der Waals surface area contributed by atoms with Crippen molar-refractivity contribution in [2.24, 2.45) is 11.7 Å². The van der Waals surface area contributed by atoms with E-state index in [2.05, 4.69) is 15.3 Å². The van der Waals surface area contributed by atoms with Crippen LogP contribution in [0.5, 0.6) is 0 Å². The highest BCUT2D eigenvalue weighted by atomic mass is 16.7. The SMILES string of the molecule is COC(=O)[C@@H]1OB([C@@H](CC(=O)[C@H](Cc2ccccc2)NC(=O)c2cnccn2)CC(C)C)OC(=O)[C@H]1N. The van der Waals surface area contributed by atoms with Gasteiger partial charge in [0.05, 0.1) is 19.3 Å². The molecule has 1 amide bonds. The maximum absolute atomic E-state index is 13.6. The van der Waals surface area contributed by atoms with E-state index in [0.29, 0.717) is 6.42 Å². The summed E-state index contributed by atoms with van der Waals surface area (Å²) < 4.78 is 15.8. The number of nitrogens with two attached hydrogens (primary N) is 1. The summed E-state index contributed by atoms with van der Waals surface area (Å²) >= 11 is 0. The van der Waals surface area contributed by atoms with Gasteiger partial charge in [-0.2, -0.15) is 0 Å². The van der Waals surface area contributed by atoms with Crippen LogP contribution in [0.1, 0.15) is 42.7 Å². The van der Waals surface area contributed by atoms with Gasteiger partial charge >= 0.3 is 19.1 Å². The molecule has 37 heavy (non-hydrogen) atoms. The number of nitrogens with one attached hydrogen (secondary N) is 1. The minimum atomic E-state index is -1.35. The minimum absolute atomic E-state index is 0.0755. The van der Waals surface area contributed by atoms with Gasteiger partial charge in [-0.3, -0.25) is 19.4 Å². The van der Waals surface area contributed by atoms with Crippen LogP contribution in [-0.2, 0) is 34.9 Å². The van der Waals surface area contributed by atoms with Crippen LogP contribution in [0, 0.1) is 5.92 Å². The van der Waals surface area contributed by atoms with E-state index in [9.17, 15) is 19.2 Å². The number of amides is 1. The van der Waals surface area contributed by atoms with E-state index in [4.69, 9.17) is 19.8 Å². The quantitative estimate of drug-likeness (QED) is 0.331. The zero-order valence-electron chi connectivity index (χ0n) is 21.0. The Morgan fingerprint density at radius 2 is 1.92 bits per heavy atom. The molecule has 2 heterocycles. The number of aromatic nitrogens is 2. The molecular formula is C25H31BN4O7. The molecule has 196 valence electrons. The second-order valence-corrected chi connectivity index (χ2v) is 9.28. The van der Waals surface area contributed by atoms with Gasteiger partial charge in [-0.15, -0.1) is 0 Å². The van der Waals surface area contributed by atoms with Crippen molar-refractivity contribution in [2.75, 3.05) is 7.11 Å². The van der Waals surface area contributed by atoms with Crippen LogP contribution in [-0.4, -0.2) is 66.0 Å². The summed E-state index contributed by atoms with van der Waals surface area (Å²) in [7, 11) is -0.0213. The molecule has 1 aliphatic rings. The van der Waals surface area contributed by atoms with Crippen LogP contribution in [0.3, 0.4) is 0 Å². The number of esters is 1. The lowest BCUT2D eigenvalue weighted by Crippen LogP contribution is -2.58. The van der Waals surface area contributed by atoms with E-state index in [-0.39, 0.29) is 30.2 Å². The van der Waals surface area contributed by atoms with Gasteiger partial charge in [0.25, 0.3) is 5.91 Å². The van der Waals surface area contributed by atoms with Gasteiger partial charge in [-0.1, -0.05) is 44.2 Å². The molecule has 0 spiro atoms. The van der Waals surface area contributed by atoms with Crippen molar-refractivity contribution in [1.29, 1.82) is 0 Å². The van der Waals surface area contributed by atoms with Gasteiger partial charge in [-0.05, 0) is 24.3 Å². The first-order valence-electron chi connectivity index (χ1n) is 12.0. The Morgan fingerprint density at radius 3 is 2.54 bits per heavy atom. The van der Waals surface area contributed by atoms with Crippen molar-refractivity contribution in [2.45, 2.75) is 57.1 Å². The fourth-order valence-electron chi connectivity index (χ4n) is 4.14. The Hall–Kier alpha value is -3.64. The molecule has 1 saturated heterocycles. The number of carbonyl (C=O) groups excluding carboxylic acids is 4. The van der Waals surface area contributed by atoms with E-state index in [1.807, 2.05) is 44.2 Å². The van der Waals surface area contributed by atoms with Crippen LogP contribution < -0.4 is 11.1 Å². The Labute approximate surface area is 215 Å². The second-order valence-electron chi connectivity index (χ2n) is 9.28. The minimum Gasteiger partial charge on any atom is -0.508 e. The predicted octanol–water partition coefficient (Wildman–Crippen LogP) is 1.12. The summed E-state index contributed by atoms with van der Waals surface area (Å²) in [5.41, 5.74) is 6.70. The van der Waals surface area contributed by atoms with Gasteiger partial charge in [0, 0.05) is 24.6 Å². The fraction of sp³-hybridized carbons (Fsp3) is 0.440. The number of methoxy groups -OCH3 is 1. The molecule has 11 nitrogen and oxygen atoms in total. The highest BCUT2D eigenvalue weighted by Gasteiger charge is 2.49. The highest BCUT2D eigenvalue weighted by Crippen LogP contribution is 2.31. The summed E-state index contributed by atoms with van der Waals surface area (Å²) in [5.74, 6) is -2.95. The molecule has 3 rings (SSSR count). The van der Waals surface area contributed by atoms with Crippen LogP contribution in [0.2, 0.25) is 5.82 Å². The summed E-state index contributed by atoms with van der Waals surface area (Å²) in [6, 6.07) is 7.02. The lowest BCUT2D eigenvalue weighted by Gasteiger charge is -2.34. The number of ketones is 1. The molecule has 0 aliphatic carbocycles. The van der Waals surface area contributed by atoms with E-state index in [1.165, 1.54) is 18.6 Å². The first-order valence-corrected chi connectivity index (χ1v) is 12.0. The van der Waals surface area contributed by atoms with Gasteiger partial charge in [0.15, 0.2) is 11.9 Å². The Bertz CT molecular complexity index is 1090. The van der Waals surface area contributed by atoms with Gasteiger partial charge in [-0.25, -0.2) is 9.78 Å². The second kappa shape index (κ2) is 13.1. The van der Waals surface area contributed by atoms with Crippen LogP contribution >= 0.6 is 0 Å². The number of Topliss-reactive ketones (excluding diaryl/α,β-unsaturated/α-hetero) is 1. The molecule has 12 heteroatoms.